The zero-order valence-corrected chi connectivity index (χ0v) is 11.1. The zero-order valence-electron chi connectivity index (χ0n) is 9.46. The van der Waals surface area contributed by atoms with Crippen LogP contribution in [0.2, 0.25) is 0 Å². The number of hydrogen-bond acceptors (Lipinski definition) is 5. The summed E-state index contributed by atoms with van der Waals surface area (Å²) in [5.41, 5.74) is -1.46. The van der Waals surface area contributed by atoms with Crippen LogP contribution in [0, 0.1) is 0 Å². The van der Waals surface area contributed by atoms with Crippen molar-refractivity contribution in [1.82, 2.24) is 4.72 Å². The zero-order chi connectivity index (χ0) is 13.2. The highest BCUT2D eigenvalue weighted by Crippen LogP contribution is 2.25. The molecule has 1 aromatic rings. The molecule has 1 aliphatic heterocycles. The molecule has 0 amide bonds. The van der Waals surface area contributed by atoms with Gasteiger partial charge in [0.1, 0.15) is 9.75 Å². The second-order valence-corrected chi connectivity index (χ2v) is 6.89. The number of rotatable bonds is 4. The van der Waals surface area contributed by atoms with Gasteiger partial charge in [0.15, 0.2) is 0 Å². The number of aliphatic carboxylic acids is 1. The van der Waals surface area contributed by atoms with E-state index in [-0.39, 0.29) is 30.3 Å². The summed E-state index contributed by atoms with van der Waals surface area (Å²) in [5.74, 6) is -1.16. The third kappa shape index (κ3) is 2.56. The van der Waals surface area contributed by atoms with Crippen LogP contribution in [0.3, 0.4) is 0 Å². The fourth-order valence-corrected chi connectivity index (χ4v) is 4.21. The molecule has 0 saturated carbocycles. The first-order chi connectivity index (χ1) is 8.46. The Morgan fingerprint density at radius 1 is 1.44 bits per heavy atom. The van der Waals surface area contributed by atoms with Crippen LogP contribution in [-0.4, -0.2) is 38.2 Å². The fraction of sp³-hybridized carbons (Fsp3) is 0.500. The fourth-order valence-electron chi connectivity index (χ4n) is 1.80. The minimum absolute atomic E-state index is 0.120. The molecule has 1 fully saturated rings. The Balaban J connectivity index is 2.27. The van der Waals surface area contributed by atoms with E-state index < -0.39 is 21.5 Å². The number of nitrogens with one attached hydrogen (secondary N) is 1. The Morgan fingerprint density at radius 2 is 2.11 bits per heavy atom. The Bertz CT molecular complexity index is 516. The van der Waals surface area contributed by atoms with E-state index in [1.54, 1.807) is 11.4 Å². The van der Waals surface area contributed by atoms with Crippen molar-refractivity contribution in [2.24, 2.45) is 0 Å². The molecule has 0 bridgehead atoms. The maximum atomic E-state index is 12.1. The molecule has 6 nitrogen and oxygen atoms in total. The maximum Gasteiger partial charge on any atom is 0.325 e. The largest absolute Gasteiger partial charge is 0.480 e. The highest BCUT2D eigenvalue weighted by atomic mass is 32.2. The van der Waals surface area contributed by atoms with Gasteiger partial charge in [-0.05, 0) is 11.4 Å². The second-order valence-electron chi connectivity index (χ2n) is 4.04. The van der Waals surface area contributed by atoms with Crippen molar-refractivity contribution in [3.05, 3.63) is 17.5 Å². The molecule has 18 heavy (non-hydrogen) atoms. The maximum absolute atomic E-state index is 12.1. The van der Waals surface area contributed by atoms with Gasteiger partial charge in [0, 0.05) is 26.1 Å². The monoisotopic (exact) mass is 291 g/mol. The summed E-state index contributed by atoms with van der Waals surface area (Å²) in [6.45, 7) is 0.471. The minimum atomic E-state index is -3.79. The van der Waals surface area contributed by atoms with Crippen LogP contribution in [0.1, 0.15) is 12.8 Å². The Labute approximate surface area is 109 Å². The van der Waals surface area contributed by atoms with Crippen LogP contribution in [0.4, 0.5) is 0 Å². The van der Waals surface area contributed by atoms with Crippen molar-refractivity contribution in [1.29, 1.82) is 0 Å². The molecule has 2 N–H and O–H groups in total. The molecule has 2 rings (SSSR count). The van der Waals surface area contributed by atoms with Crippen LogP contribution in [0.15, 0.2) is 21.7 Å². The molecule has 0 aliphatic carbocycles. The van der Waals surface area contributed by atoms with E-state index >= 15 is 0 Å². The standard InChI is InChI=1S/C10H13NO5S2/c12-9(13)10(3-5-16-6-4-10)11-18(14,15)8-2-1-7-17-8/h1-2,7,11H,3-6H2,(H,12,13). The number of carbonyl (C=O) groups is 1. The third-order valence-electron chi connectivity index (χ3n) is 2.85. The summed E-state index contributed by atoms with van der Waals surface area (Å²) in [5, 5.41) is 10.9. The van der Waals surface area contributed by atoms with Gasteiger partial charge in [-0.2, -0.15) is 4.72 Å². The topological polar surface area (TPSA) is 92.7 Å². The molecule has 1 aromatic heterocycles. The summed E-state index contributed by atoms with van der Waals surface area (Å²) in [6.07, 6.45) is 0.264. The molecular formula is C10H13NO5S2. The SMILES string of the molecule is O=C(O)C1(NS(=O)(=O)c2cccs2)CCOCC1. The summed E-state index contributed by atoms with van der Waals surface area (Å²) in [6, 6.07) is 3.05. The molecule has 0 unspecified atom stereocenters. The summed E-state index contributed by atoms with van der Waals surface area (Å²) in [7, 11) is -3.79. The lowest BCUT2D eigenvalue weighted by Crippen LogP contribution is -2.57. The van der Waals surface area contributed by atoms with Crippen LogP contribution < -0.4 is 4.72 Å². The highest BCUT2D eigenvalue weighted by Gasteiger charge is 2.44. The molecule has 0 spiro atoms. The molecule has 0 atom stereocenters. The molecular weight excluding hydrogens is 278 g/mol. The normalized spacial score (nSPS) is 19.6. The van der Waals surface area contributed by atoms with E-state index in [9.17, 15) is 18.3 Å². The number of hydrogen-bond donors (Lipinski definition) is 2. The first-order valence-electron chi connectivity index (χ1n) is 5.35. The highest BCUT2D eigenvalue weighted by molar-refractivity contribution is 7.91. The molecule has 100 valence electrons. The quantitative estimate of drug-likeness (QED) is 0.850. The lowest BCUT2D eigenvalue weighted by molar-refractivity contribution is -0.147. The van der Waals surface area contributed by atoms with Crippen LogP contribution in [0.5, 0.6) is 0 Å². The van der Waals surface area contributed by atoms with Gasteiger partial charge in [-0.25, -0.2) is 8.42 Å². The van der Waals surface area contributed by atoms with E-state index in [1.165, 1.54) is 6.07 Å². The molecule has 8 heteroatoms. The second kappa shape index (κ2) is 4.96. The van der Waals surface area contributed by atoms with Gasteiger partial charge in [-0.1, -0.05) is 6.07 Å². The number of sulfonamides is 1. The van der Waals surface area contributed by atoms with Crippen molar-refractivity contribution in [3.8, 4) is 0 Å². The average Bonchev–Trinajstić information content (AvgIpc) is 2.83. The minimum Gasteiger partial charge on any atom is -0.480 e. The molecule has 1 aliphatic rings. The Kier molecular flexibility index (Phi) is 3.71. The summed E-state index contributed by atoms with van der Waals surface area (Å²) in [4.78, 5) is 11.3. The van der Waals surface area contributed by atoms with Crippen molar-refractivity contribution < 1.29 is 23.1 Å². The smallest absolute Gasteiger partial charge is 0.325 e. The van der Waals surface area contributed by atoms with Crippen molar-refractivity contribution in [3.63, 3.8) is 0 Å². The van der Waals surface area contributed by atoms with Gasteiger partial charge in [-0.3, -0.25) is 4.79 Å². The van der Waals surface area contributed by atoms with E-state index in [2.05, 4.69) is 4.72 Å². The van der Waals surface area contributed by atoms with Crippen molar-refractivity contribution in [2.45, 2.75) is 22.6 Å². The molecule has 0 aromatic carbocycles. The molecule has 0 radical (unpaired) electrons. The number of carboxylic acid groups (broad SMARTS) is 1. The van der Waals surface area contributed by atoms with Gasteiger partial charge in [-0.15, -0.1) is 11.3 Å². The van der Waals surface area contributed by atoms with E-state index in [1.807, 2.05) is 0 Å². The van der Waals surface area contributed by atoms with Crippen LogP contribution in [-0.2, 0) is 19.6 Å². The summed E-state index contributed by atoms with van der Waals surface area (Å²) >= 11 is 1.05. The number of ether oxygens (including phenoxy) is 1. The lowest BCUT2D eigenvalue weighted by atomic mass is 9.92. The van der Waals surface area contributed by atoms with Gasteiger partial charge < -0.3 is 9.84 Å². The van der Waals surface area contributed by atoms with Gasteiger partial charge in [0.25, 0.3) is 10.0 Å². The molecule has 1 saturated heterocycles. The number of thiophene rings is 1. The van der Waals surface area contributed by atoms with Crippen molar-refractivity contribution in [2.75, 3.05) is 13.2 Å². The van der Waals surface area contributed by atoms with E-state index in [0.717, 1.165) is 11.3 Å². The third-order valence-corrected chi connectivity index (χ3v) is 5.78. The number of carboxylic acids is 1. The Morgan fingerprint density at radius 3 is 2.61 bits per heavy atom. The summed E-state index contributed by atoms with van der Waals surface area (Å²) < 4.78 is 31.7. The van der Waals surface area contributed by atoms with Crippen LogP contribution >= 0.6 is 11.3 Å². The van der Waals surface area contributed by atoms with Gasteiger partial charge in [0.2, 0.25) is 0 Å². The lowest BCUT2D eigenvalue weighted by Gasteiger charge is -2.33. The first-order valence-corrected chi connectivity index (χ1v) is 7.71. The first kappa shape index (κ1) is 13.5. The predicted molar refractivity (Wildman–Crippen MR) is 65.1 cm³/mol. The van der Waals surface area contributed by atoms with E-state index in [4.69, 9.17) is 4.74 Å². The van der Waals surface area contributed by atoms with Gasteiger partial charge >= 0.3 is 5.97 Å². The van der Waals surface area contributed by atoms with E-state index in [0.29, 0.717) is 0 Å². The van der Waals surface area contributed by atoms with Crippen LogP contribution in [0.25, 0.3) is 0 Å². The van der Waals surface area contributed by atoms with Gasteiger partial charge in [0.05, 0.1) is 0 Å². The average molecular weight is 291 g/mol. The van der Waals surface area contributed by atoms with Crippen molar-refractivity contribution >= 4 is 27.3 Å². The Hall–Kier alpha value is -0.960. The molecule has 2 heterocycles. The predicted octanol–water partition coefficient (Wildman–Crippen LogP) is 0.660.